The summed E-state index contributed by atoms with van der Waals surface area (Å²) in [6, 6.07) is 7.50. The van der Waals surface area contributed by atoms with E-state index in [9.17, 15) is 4.79 Å². The number of H-pyrrole nitrogens is 1. The molecule has 0 fully saturated rings. The lowest BCUT2D eigenvalue weighted by molar-refractivity contribution is 0.174. The van der Waals surface area contributed by atoms with Crippen molar-refractivity contribution in [3.63, 3.8) is 0 Å². The SMILES string of the molecule is C=CCOC(=O)Nc1n[nH]c2ccccc12. The number of ether oxygens (including phenoxy) is 1. The number of rotatable bonds is 3. The van der Waals surface area contributed by atoms with E-state index >= 15 is 0 Å². The van der Waals surface area contributed by atoms with Gasteiger partial charge < -0.3 is 4.74 Å². The lowest BCUT2D eigenvalue weighted by Gasteiger charge is -2.01. The van der Waals surface area contributed by atoms with Crippen LogP contribution in [0.25, 0.3) is 10.9 Å². The van der Waals surface area contributed by atoms with Crippen LogP contribution in [-0.4, -0.2) is 22.9 Å². The first kappa shape index (κ1) is 10.2. The van der Waals surface area contributed by atoms with Crippen LogP contribution in [0, 0.1) is 0 Å². The highest BCUT2D eigenvalue weighted by Gasteiger charge is 2.08. The zero-order valence-electron chi connectivity index (χ0n) is 8.56. The second-order valence-corrected chi connectivity index (χ2v) is 3.13. The van der Waals surface area contributed by atoms with Crippen molar-refractivity contribution >= 4 is 22.8 Å². The van der Waals surface area contributed by atoms with Crippen LogP contribution in [0.15, 0.2) is 36.9 Å². The topological polar surface area (TPSA) is 67.0 Å². The molecule has 2 rings (SSSR count). The van der Waals surface area contributed by atoms with Crippen molar-refractivity contribution in [3.05, 3.63) is 36.9 Å². The van der Waals surface area contributed by atoms with Gasteiger partial charge in [-0.2, -0.15) is 5.10 Å². The third-order valence-electron chi connectivity index (χ3n) is 2.02. The van der Waals surface area contributed by atoms with Gasteiger partial charge in [0, 0.05) is 5.39 Å². The van der Waals surface area contributed by atoms with Crippen molar-refractivity contribution in [3.8, 4) is 0 Å². The van der Waals surface area contributed by atoms with E-state index in [4.69, 9.17) is 4.74 Å². The van der Waals surface area contributed by atoms with E-state index in [1.807, 2.05) is 24.3 Å². The smallest absolute Gasteiger partial charge is 0.413 e. The van der Waals surface area contributed by atoms with Crippen LogP contribution in [0.2, 0.25) is 0 Å². The Kier molecular flexibility index (Phi) is 2.86. The van der Waals surface area contributed by atoms with E-state index < -0.39 is 6.09 Å². The van der Waals surface area contributed by atoms with Gasteiger partial charge in [0.05, 0.1) is 5.52 Å². The van der Waals surface area contributed by atoms with E-state index in [1.54, 1.807) is 0 Å². The summed E-state index contributed by atoms with van der Waals surface area (Å²) in [5.41, 5.74) is 0.863. The second kappa shape index (κ2) is 4.48. The predicted molar refractivity (Wildman–Crippen MR) is 61.3 cm³/mol. The molecule has 82 valence electrons. The fraction of sp³-hybridized carbons (Fsp3) is 0.0909. The van der Waals surface area contributed by atoms with Crippen LogP contribution in [-0.2, 0) is 4.74 Å². The van der Waals surface area contributed by atoms with Gasteiger partial charge in [0.2, 0.25) is 0 Å². The Balaban J connectivity index is 2.15. The van der Waals surface area contributed by atoms with Gasteiger partial charge in [0.25, 0.3) is 0 Å². The van der Waals surface area contributed by atoms with Crippen molar-refractivity contribution in [2.24, 2.45) is 0 Å². The molecule has 0 radical (unpaired) electrons. The number of carbonyl (C=O) groups excluding carboxylic acids is 1. The summed E-state index contributed by atoms with van der Waals surface area (Å²) >= 11 is 0. The monoisotopic (exact) mass is 217 g/mol. The third kappa shape index (κ3) is 2.03. The largest absolute Gasteiger partial charge is 0.445 e. The molecule has 0 aliphatic rings. The number of benzene rings is 1. The molecule has 0 aliphatic carbocycles. The zero-order valence-corrected chi connectivity index (χ0v) is 8.56. The van der Waals surface area contributed by atoms with E-state index in [0.29, 0.717) is 5.82 Å². The van der Waals surface area contributed by atoms with E-state index in [0.717, 1.165) is 10.9 Å². The Bertz CT molecular complexity index is 519. The highest BCUT2D eigenvalue weighted by molar-refractivity contribution is 5.96. The molecule has 1 aromatic carbocycles. The molecule has 0 unspecified atom stereocenters. The molecule has 0 spiro atoms. The minimum atomic E-state index is -0.544. The average molecular weight is 217 g/mol. The number of amides is 1. The third-order valence-corrected chi connectivity index (χ3v) is 2.02. The highest BCUT2D eigenvalue weighted by atomic mass is 16.5. The summed E-state index contributed by atoms with van der Waals surface area (Å²) in [7, 11) is 0. The summed E-state index contributed by atoms with van der Waals surface area (Å²) in [6.07, 6.45) is 0.958. The number of hydrogen-bond donors (Lipinski definition) is 2. The number of hydrogen-bond acceptors (Lipinski definition) is 3. The van der Waals surface area contributed by atoms with Gasteiger partial charge in [-0.25, -0.2) is 4.79 Å². The second-order valence-electron chi connectivity index (χ2n) is 3.13. The number of carbonyl (C=O) groups is 1. The minimum Gasteiger partial charge on any atom is -0.445 e. The standard InChI is InChI=1S/C11H11N3O2/c1-2-7-16-11(15)12-10-8-5-3-4-6-9(8)13-14-10/h2-6H,1,7H2,(H2,12,13,14,15). The molecular formula is C11H11N3O2. The normalized spacial score (nSPS) is 10.0. The molecule has 0 bridgehead atoms. The Morgan fingerprint density at radius 1 is 1.56 bits per heavy atom. The fourth-order valence-corrected chi connectivity index (χ4v) is 1.33. The summed E-state index contributed by atoms with van der Waals surface area (Å²) < 4.78 is 4.79. The van der Waals surface area contributed by atoms with Gasteiger partial charge in [0.15, 0.2) is 5.82 Å². The Morgan fingerprint density at radius 3 is 3.19 bits per heavy atom. The van der Waals surface area contributed by atoms with Crippen LogP contribution in [0.4, 0.5) is 10.6 Å². The van der Waals surface area contributed by atoms with Crippen molar-refractivity contribution in [1.29, 1.82) is 0 Å². The van der Waals surface area contributed by atoms with Crippen LogP contribution >= 0.6 is 0 Å². The summed E-state index contributed by atoms with van der Waals surface area (Å²) in [6.45, 7) is 3.63. The number of anilines is 1. The molecule has 1 heterocycles. The first-order chi connectivity index (χ1) is 7.81. The number of para-hydroxylation sites is 1. The molecule has 0 saturated heterocycles. The molecule has 0 saturated carbocycles. The summed E-state index contributed by atoms with van der Waals surface area (Å²) in [5, 5.41) is 10.2. The van der Waals surface area contributed by atoms with Crippen molar-refractivity contribution in [1.82, 2.24) is 10.2 Å². The number of nitrogens with zero attached hydrogens (tertiary/aromatic N) is 1. The first-order valence-corrected chi connectivity index (χ1v) is 4.79. The van der Waals surface area contributed by atoms with Crippen LogP contribution in [0.1, 0.15) is 0 Å². The molecule has 0 aliphatic heterocycles. The zero-order chi connectivity index (χ0) is 11.4. The maximum absolute atomic E-state index is 11.3. The van der Waals surface area contributed by atoms with E-state index in [2.05, 4.69) is 22.1 Å². The van der Waals surface area contributed by atoms with Gasteiger partial charge in [-0.15, -0.1) is 0 Å². The van der Waals surface area contributed by atoms with Crippen molar-refractivity contribution in [2.75, 3.05) is 11.9 Å². The number of aromatic nitrogens is 2. The molecule has 2 N–H and O–H groups in total. The van der Waals surface area contributed by atoms with Crippen molar-refractivity contribution in [2.45, 2.75) is 0 Å². The maximum Gasteiger partial charge on any atom is 0.413 e. The molecule has 5 nitrogen and oxygen atoms in total. The summed E-state index contributed by atoms with van der Waals surface area (Å²) in [4.78, 5) is 11.3. The van der Waals surface area contributed by atoms with E-state index in [-0.39, 0.29) is 6.61 Å². The first-order valence-electron chi connectivity index (χ1n) is 4.79. The Labute approximate surface area is 92.1 Å². The lowest BCUT2D eigenvalue weighted by Crippen LogP contribution is -2.13. The van der Waals surface area contributed by atoms with Gasteiger partial charge in [-0.05, 0) is 12.1 Å². The van der Waals surface area contributed by atoms with Gasteiger partial charge in [-0.3, -0.25) is 10.4 Å². The molecular weight excluding hydrogens is 206 g/mol. The number of nitrogens with one attached hydrogen (secondary N) is 2. The molecule has 2 aromatic rings. The Morgan fingerprint density at radius 2 is 2.38 bits per heavy atom. The number of aromatic amines is 1. The van der Waals surface area contributed by atoms with Crippen LogP contribution < -0.4 is 5.32 Å². The van der Waals surface area contributed by atoms with E-state index in [1.165, 1.54) is 6.08 Å². The molecule has 1 amide bonds. The molecule has 1 aromatic heterocycles. The maximum atomic E-state index is 11.3. The molecule has 16 heavy (non-hydrogen) atoms. The van der Waals surface area contributed by atoms with Gasteiger partial charge >= 0.3 is 6.09 Å². The minimum absolute atomic E-state index is 0.175. The quantitative estimate of drug-likeness (QED) is 0.775. The molecule has 0 atom stereocenters. The Hall–Kier alpha value is -2.30. The van der Waals surface area contributed by atoms with Gasteiger partial charge in [0.1, 0.15) is 6.61 Å². The predicted octanol–water partition coefficient (Wildman–Crippen LogP) is 2.30. The average Bonchev–Trinajstić information content (AvgIpc) is 2.70. The lowest BCUT2D eigenvalue weighted by atomic mass is 10.2. The molecule has 5 heteroatoms. The van der Waals surface area contributed by atoms with Crippen LogP contribution in [0.5, 0.6) is 0 Å². The summed E-state index contributed by atoms with van der Waals surface area (Å²) in [5.74, 6) is 0.463. The van der Waals surface area contributed by atoms with Crippen LogP contribution in [0.3, 0.4) is 0 Å². The highest BCUT2D eigenvalue weighted by Crippen LogP contribution is 2.19. The van der Waals surface area contributed by atoms with Crippen molar-refractivity contribution < 1.29 is 9.53 Å². The van der Waals surface area contributed by atoms with Gasteiger partial charge in [-0.1, -0.05) is 24.8 Å². The fourth-order valence-electron chi connectivity index (χ4n) is 1.33. The number of fused-ring (bicyclic) bond motifs is 1.